The summed E-state index contributed by atoms with van der Waals surface area (Å²) in [6.07, 6.45) is 1.21. The van der Waals surface area contributed by atoms with Gasteiger partial charge in [-0.3, -0.25) is 4.79 Å². The van der Waals surface area contributed by atoms with Gasteiger partial charge in [0.1, 0.15) is 0 Å². The molecule has 1 saturated heterocycles. The van der Waals surface area contributed by atoms with Crippen LogP contribution in [0.4, 0.5) is 11.4 Å². The van der Waals surface area contributed by atoms with E-state index in [0.29, 0.717) is 0 Å². The van der Waals surface area contributed by atoms with E-state index in [1.54, 1.807) is 0 Å². The highest BCUT2D eigenvalue weighted by atomic mass is 32.1. The minimum atomic E-state index is -0.0678. The summed E-state index contributed by atoms with van der Waals surface area (Å²) in [5, 5.41) is 6.66. The number of hydrogen-bond donors (Lipinski definition) is 2. The molecule has 5 heteroatoms. The zero-order chi connectivity index (χ0) is 12.3. The van der Waals surface area contributed by atoms with Crippen molar-refractivity contribution in [3.63, 3.8) is 0 Å². The lowest BCUT2D eigenvalue weighted by atomic mass is 10.2. The van der Waals surface area contributed by atoms with Crippen LogP contribution in [-0.4, -0.2) is 29.0 Å². The Balaban J connectivity index is 1.93. The van der Waals surface area contributed by atoms with Crippen LogP contribution < -0.4 is 10.6 Å². The van der Waals surface area contributed by atoms with Crippen molar-refractivity contribution in [1.82, 2.24) is 4.90 Å². The van der Waals surface area contributed by atoms with Crippen molar-refractivity contribution in [3.8, 4) is 0 Å². The number of anilines is 2. The molecule has 0 spiro atoms. The second-order valence-corrected chi connectivity index (χ2v) is 4.42. The fourth-order valence-corrected chi connectivity index (χ4v) is 1.86. The topological polar surface area (TPSA) is 44.4 Å². The number of thiocarbonyl (C=S) groups is 1. The van der Waals surface area contributed by atoms with Crippen LogP contribution in [0.3, 0.4) is 0 Å². The van der Waals surface area contributed by atoms with Crippen molar-refractivity contribution in [3.05, 3.63) is 24.3 Å². The molecule has 0 bridgehead atoms. The fourth-order valence-electron chi connectivity index (χ4n) is 1.56. The fraction of sp³-hybridized carbons (Fsp3) is 0.333. The number of nitrogens with zero attached hydrogens (tertiary/aromatic N) is 1. The summed E-state index contributed by atoms with van der Waals surface area (Å²) < 4.78 is 0. The van der Waals surface area contributed by atoms with Crippen LogP contribution in [0.5, 0.6) is 0 Å². The molecular weight excluding hydrogens is 234 g/mol. The maximum atomic E-state index is 10.9. The Bertz CT molecular complexity index is 426. The van der Waals surface area contributed by atoms with Gasteiger partial charge in [0.15, 0.2) is 5.11 Å². The van der Waals surface area contributed by atoms with Gasteiger partial charge in [-0.15, -0.1) is 0 Å². The van der Waals surface area contributed by atoms with E-state index in [0.717, 1.165) is 29.6 Å². The van der Waals surface area contributed by atoms with Gasteiger partial charge in [-0.2, -0.15) is 0 Å². The SMILES string of the molecule is CC(=O)Nc1ccc(NC(=S)N2CCC2)cc1. The summed E-state index contributed by atoms with van der Waals surface area (Å²) in [6, 6.07) is 7.50. The standard InChI is InChI=1S/C12H15N3OS/c1-9(16)13-10-3-5-11(6-4-10)14-12(17)15-7-2-8-15/h3-6H,2,7-8H2,1H3,(H,13,16)(H,14,17). The van der Waals surface area contributed by atoms with E-state index in [9.17, 15) is 4.79 Å². The first-order valence-corrected chi connectivity index (χ1v) is 5.99. The summed E-state index contributed by atoms with van der Waals surface area (Å²) >= 11 is 5.26. The monoisotopic (exact) mass is 249 g/mol. The molecule has 0 aromatic heterocycles. The van der Waals surface area contributed by atoms with Gasteiger partial charge < -0.3 is 15.5 Å². The first-order chi connectivity index (χ1) is 8.15. The van der Waals surface area contributed by atoms with Crippen molar-refractivity contribution in [2.45, 2.75) is 13.3 Å². The maximum Gasteiger partial charge on any atom is 0.221 e. The van der Waals surface area contributed by atoms with Crippen LogP contribution in [0, 0.1) is 0 Å². The third kappa shape index (κ3) is 3.17. The van der Waals surface area contributed by atoms with Crippen molar-refractivity contribution >= 4 is 34.6 Å². The van der Waals surface area contributed by atoms with E-state index in [1.807, 2.05) is 24.3 Å². The van der Waals surface area contributed by atoms with Crippen LogP contribution >= 0.6 is 12.2 Å². The lowest BCUT2D eigenvalue weighted by molar-refractivity contribution is -0.114. The van der Waals surface area contributed by atoms with Gasteiger partial charge in [0.25, 0.3) is 0 Å². The van der Waals surface area contributed by atoms with Gasteiger partial charge in [0.2, 0.25) is 5.91 Å². The Kier molecular flexibility index (Phi) is 3.58. The summed E-state index contributed by atoms with van der Waals surface area (Å²) in [4.78, 5) is 13.0. The Labute approximate surface area is 106 Å². The van der Waals surface area contributed by atoms with Crippen LogP contribution in [-0.2, 0) is 4.79 Å². The molecule has 4 nitrogen and oxygen atoms in total. The van der Waals surface area contributed by atoms with E-state index < -0.39 is 0 Å². The predicted molar refractivity (Wildman–Crippen MR) is 73.2 cm³/mol. The van der Waals surface area contributed by atoms with Crippen molar-refractivity contribution in [2.75, 3.05) is 23.7 Å². The number of hydrogen-bond acceptors (Lipinski definition) is 2. The molecule has 0 unspecified atom stereocenters. The average Bonchev–Trinajstić information content (AvgIpc) is 2.17. The molecule has 1 aromatic carbocycles. The summed E-state index contributed by atoms with van der Waals surface area (Å²) in [5.41, 5.74) is 1.73. The van der Waals surface area contributed by atoms with E-state index in [-0.39, 0.29) is 5.91 Å². The molecule has 0 aliphatic carbocycles. The minimum Gasteiger partial charge on any atom is -0.349 e. The Morgan fingerprint density at radius 1 is 1.18 bits per heavy atom. The third-order valence-corrected chi connectivity index (χ3v) is 2.96. The van der Waals surface area contributed by atoms with Gasteiger partial charge in [-0.05, 0) is 42.9 Å². The second-order valence-electron chi connectivity index (χ2n) is 4.03. The molecule has 1 aliphatic heterocycles. The first-order valence-electron chi connectivity index (χ1n) is 5.59. The van der Waals surface area contributed by atoms with Gasteiger partial charge in [0, 0.05) is 31.4 Å². The molecule has 0 saturated carbocycles. The number of rotatable bonds is 2. The maximum absolute atomic E-state index is 10.9. The molecule has 1 amide bonds. The lowest BCUT2D eigenvalue weighted by Crippen LogP contribution is -2.44. The quantitative estimate of drug-likeness (QED) is 0.787. The normalized spacial score (nSPS) is 13.8. The highest BCUT2D eigenvalue weighted by Crippen LogP contribution is 2.15. The zero-order valence-electron chi connectivity index (χ0n) is 9.69. The van der Waals surface area contributed by atoms with E-state index in [1.165, 1.54) is 13.3 Å². The zero-order valence-corrected chi connectivity index (χ0v) is 10.5. The largest absolute Gasteiger partial charge is 0.349 e. The summed E-state index contributed by atoms with van der Waals surface area (Å²) in [6.45, 7) is 3.57. The van der Waals surface area contributed by atoms with Gasteiger partial charge in [-0.25, -0.2) is 0 Å². The number of carbonyl (C=O) groups is 1. The summed E-state index contributed by atoms with van der Waals surface area (Å²) in [5.74, 6) is -0.0678. The van der Waals surface area contributed by atoms with E-state index in [2.05, 4.69) is 15.5 Å². The van der Waals surface area contributed by atoms with E-state index >= 15 is 0 Å². The number of likely N-dealkylation sites (tertiary alicyclic amines) is 1. The molecule has 2 rings (SSSR count). The van der Waals surface area contributed by atoms with Crippen molar-refractivity contribution < 1.29 is 4.79 Å². The Morgan fingerprint density at radius 2 is 1.71 bits per heavy atom. The summed E-state index contributed by atoms with van der Waals surface area (Å²) in [7, 11) is 0. The molecule has 1 aromatic rings. The molecule has 90 valence electrons. The van der Waals surface area contributed by atoms with Crippen LogP contribution in [0.15, 0.2) is 24.3 Å². The number of nitrogens with one attached hydrogen (secondary N) is 2. The predicted octanol–water partition coefficient (Wildman–Crippen LogP) is 2.05. The minimum absolute atomic E-state index is 0.0678. The molecule has 2 N–H and O–H groups in total. The van der Waals surface area contributed by atoms with Gasteiger partial charge >= 0.3 is 0 Å². The number of benzene rings is 1. The smallest absolute Gasteiger partial charge is 0.221 e. The second kappa shape index (κ2) is 5.14. The van der Waals surface area contributed by atoms with Crippen LogP contribution in [0.25, 0.3) is 0 Å². The Morgan fingerprint density at radius 3 is 2.12 bits per heavy atom. The number of amides is 1. The molecular formula is C12H15N3OS. The van der Waals surface area contributed by atoms with Crippen molar-refractivity contribution in [1.29, 1.82) is 0 Å². The molecule has 0 radical (unpaired) electrons. The van der Waals surface area contributed by atoms with Gasteiger partial charge in [0.05, 0.1) is 0 Å². The molecule has 1 heterocycles. The van der Waals surface area contributed by atoms with Crippen LogP contribution in [0.1, 0.15) is 13.3 Å². The highest BCUT2D eigenvalue weighted by molar-refractivity contribution is 7.80. The van der Waals surface area contributed by atoms with Gasteiger partial charge in [-0.1, -0.05) is 0 Å². The molecule has 0 atom stereocenters. The molecule has 1 fully saturated rings. The Hall–Kier alpha value is -1.62. The molecule has 1 aliphatic rings. The van der Waals surface area contributed by atoms with Crippen LogP contribution in [0.2, 0.25) is 0 Å². The highest BCUT2D eigenvalue weighted by Gasteiger charge is 2.16. The molecule has 17 heavy (non-hydrogen) atoms. The lowest BCUT2D eigenvalue weighted by Gasteiger charge is -2.33. The first kappa shape index (κ1) is 11.9. The number of carbonyl (C=O) groups excluding carboxylic acids is 1. The van der Waals surface area contributed by atoms with Crippen molar-refractivity contribution in [2.24, 2.45) is 0 Å². The van der Waals surface area contributed by atoms with E-state index in [4.69, 9.17) is 12.2 Å². The third-order valence-electron chi connectivity index (χ3n) is 2.60. The average molecular weight is 249 g/mol.